The molecule has 1 aromatic heterocycles. The van der Waals surface area contributed by atoms with Gasteiger partial charge in [-0.3, -0.25) is 4.79 Å². The van der Waals surface area contributed by atoms with Crippen molar-refractivity contribution in [3.8, 4) is 0 Å². The first-order valence-electron chi connectivity index (χ1n) is 6.90. The molecule has 1 aliphatic heterocycles. The van der Waals surface area contributed by atoms with Crippen LogP contribution in [0.4, 0.5) is 0 Å². The van der Waals surface area contributed by atoms with Crippen molar-refractivity contribution in [1.29, 1.82) is 0 Å². The average Bonchev–Trinajstić information content (AvgIpc) is 2.34. The highest BCUT2D eigenvalue weighted by molar-refractivity contribution is 6.29. The number of piperidine rings is 1. The van der Waals surface area contributed by atoms with Crippen LogP contribution < -0.4 is 0 Å². The van der Waals surface area contributed by atoms with Crippen LogP contribution in [-0.2, 0) is 4.79 Å². The second-order valence-electron chi connectivity index (χ2n) is 6.15. The maximum absolute atomic E-state index is 12.7. The van der Waals surface area contributed by atoms with Gasteiger partial charge in [-0.15, -0.1) is 0 Å². The fourth-order valence-electron chi connectivity index (χ4n) is 3.00. The van der Waals surface area contributed by atoms with Crippen molar-refractivity contribution in [2.45, 2.75) is 39.7 Å². The number of carboxylic acids is 1. The number of likely N-dealkylation sites (tertiary alicyclic amines) is 1. The summed E-state index contributed by atoms with van der Waals surface area (Å²) in [5.41, 5.74) is 0.566. The fraction of sp³-hybridized carbons (Fsp3) is 0.533. The van der Waals surface area contributed by atoms with Crippen molar-refractivity contribution in [1.82, 2.24) is 9.88 Å². The molecular weight excluding hydrogens is 292 g/mol. The van der Waals surface area contributed by atoms with Gasteiger partial charge in [-0.2, -0.15) is 0 Å². The number of carboxylic acid groups (broad SMARTS) is 1. The van der Waals surface area contributed by atoms with E-state index in [9.17, 15) is 14.7 Å². The Morgan fingerprint density at radius 2 is 2.10 bits per heavy atom. The number of nitrogens with zero attached hydrogens (tertiary/aromatic N) is 2. The first kappa shape index (κ1) is 15.8. The molecule has 1 atom stereocenters. The predicted octanol–water partition coefficient (Wildman–Crippen LogP) is 2.76. The summed E-state index contributed by atoms with van der Waals surface area (Å²) in [7, 11) is 0. The predicted molar refractivity (Wildman–Crippen MR) is 79.5 cm³/mol. The summed E-state index contributed by atoms with van der Waals surface area (Å²) in [6.07, 6.45) is 1.57. The van der Waals surface area contributed by atoms with Crippen LogP contribution in [0, 0.1) is 12.3 Å². The highest BCUT2D eigenvalue weighted by Gasteiger charge is 2.44. The third-order valence-corrected chi connectivity index (χ3v) is 4.13. The number of halogens is 1. The van der Waals surface area contributed by atoms with Gasteiger partial charge in [0, 0.05) is 17.8 Å². The van der Waals surface area contributed by atoms with Gasteiger partial charge in [-0.25, -0.2) is 9.78 Å². The van der Waals surface area contributed by atoms with E-state index in [0.29, 0.717) is 17.8 Å². The molecule has 2 rings (SSSR count). The maximum Gasteiger partial charge on any atom is 0.326 e. The van der Waals surface area contributed by atoms with Gasteiger partial charge in [0.05, 0.1) is 0 Å². The standard InChI is InChI=1S/C15H19ClN2O3/c1-9-7-10(8-11(16)17-9)13(19)18-6-4-5-15(2,3)12(18)14(20)21/h7-8,12H,4-6H2,1-3H3,(H,20,21). The number of amides is 1. The smallest absolute Gasteiger partial charge is 0.326 e. The van der Waals surface area contributed by atoms with E-state index in [4.69, 9.17) is 11.6 Å². The number of rotatable bonds is 2. The zero-order valence-corrected chi connectivity index (χ0v) is 13.1. The van der Waals surface area contributed by atoms with Crippen LogP contribution in [0.15, 0.2) is 12.1 Å². The second-order valence-corrected chi connectivity index (χ2v) is 6.54. The van der Waals surface area contributed by atoms with Crippen LogP contribution in [0.25, 0.3) is 0 Å². The molecule has 5 nitrogen and oxygen atoms in total. The van der Waals surface area contributed by atoms with E-state index < -0.39 is 17.4 Å². The van der Waals surface area contributed by atoms with Crippen molar-refractivity contribution < 1.29 is 14.7 Å². The van der Waals surface area contributed by atoms with Crippen molar-refractivity contribution in [2.75, 3.05) is 6.54 Å². The summed E-state index contributed by atoms with van der Waals surface area (Å²) in [5.74, 6) is -1.27. The highest BCUT2D eigenvalue weighted by atomic mass is 35.5. The summed E-state index contributed by atoms with van der Waals surface area (Å²) < 4.78 is 0. The van der Waals surface area contributed by atoms with Gasteiger partial charge in [0.2, 0.25) is 0 Å². The Labute approximate surface area is 128 Å². The molecule has 6 heteroatoms. The molecule has 21 heavy (non-hydrogen) atoms. The van der Waals surface area contributed by atoms with Crippen molar-refractivity contribution in [3.05, 3.63) is 28.5 Å². The monoisotopic (exact) mass is 310 g/mol. The quantitative estimate of drug-likeness (QED) is 0.853. The first-order valence-corrected chi connectivity index (χ1v) is 7.28. The Bertz CT molecular complexity index is 566. The van der Waals surface area contributed by atoms with Gasteiger partial charge in [-0.1, -0.05) is 25.4 Å². The SMILES string of the molecule is Cc1cc(C(=O)N2CCCC(C)(C)C2C(=O)O)cc(Cl)n1. The fourth-order valence-corrected chi connectivity index (χ4v) is 3.25. The zero-order chi connectivity index (χ0) is 15.8. The van der Waals surface area contributed by atoms with Crippen molar-refractivity contribution >= 4 is 23.5 Å². The number of carbonyl (C=O) groups is 2. The molecule has 1 amide bonds. The van der Waals surface area contributed by atoms with E-state index >= 15 is 0 Å². The Balaban J connectivity index is 2.38. The second kappa shape index (κ2) is 5.64. The number of carbonyl (C=O) groups excluding carboxylic acids is 1. The lowest BCUT2D eigenvalue weighted by atomic mass is 9.76. The molecule has 0 bridgehead atoms. The normalized spacial score (nSPS) is 21.1. The molecule has 1 N–H and O–H groups in total. The Morgan fingerprint density at radius 1 is 1.43 bits per heavy atom. The van der Waals surface area contributed by atoms with Gasteiger partial charge >= 0.3 is 5.97 Å². The Hall–Kier alpha value is -1.62. The maximum atomic E-state index is 12.7. The Kier molecular flexibility index (Phi) is 4.23. The lowest BCUT2D eigenvalue weighted by molar-refractivity contribution is -0.148. The van der Waals surface area contributed by atoms with Crippen LogP contribution >= 0.6 is 11.6 Å². The van der Waals surface area contributed by atoms with Gasteiger partial charge in [0.25, 0.3) is 5.91 Å². The topological polar surface area (TPSA) is 70.5 Å². The van der Waals surface area contributed by atoms with Gasteiger partial charge in [0.15, 0.2) is 0 Å². The molecule has 114 valence electrons. The summed E-state index contributed by atoms with van der Waals surface area (Å²) >= 11 is 5.89. The van der Waals surface area contributed by atoms with Crippen LogP contribution in [-0.4, -0.2) is 39.5 Å². The van der Waals surface area contributed by atoms with E-state index in [1.165, 1.54) is 11.0 Å². The minimum absolute atomic E-state index is 0.237. The van der Waals surface area contributed by atoms with Crippen LogP contribution in [0.1, 0.15) is 42.7 Å². The number of aryl methyl sites for hydroxylation is 1. The van der Waals surface area contributed by atoms with E-state index in [1.54, 1.807) is 13.0 Å². The largest absolute Gasteiger partial charge is 0.480 e. The minimum Gasteiger partial charge on any atom is -0.480 e. The summed E-state index contributed by atoms with van der Waals surface area (Å²) in [6, 6.07) is 2.29. The molecule has 0 aromatic carbocycles. The van der Waals surface area contributed by atoms with Gasteiger partial charge < -0.3 is 10.0 Å². The first-order chi connectivity index (χ1) is 9.72. The number of hydrogen-bond acceptors (Lipinski definition) is 3. The van der Waals surface area contributed by atoms with Crippen LogP contribution in [0.5, 0.6) is 0 Å². The zero-order valence-electron chi connectivity index (χ0n) is 12.4. The van der Waals surface area contributed by atoms with E-state index in [1.807, 2.05) is 13.8 Å². The molecule has 0 radical (unpaired) electrons. The van der Waals surface area contributed by atoms with Crippen LogP contribution in [0.2, 0.25) is 5.15 Å². The number of hydrogen-bond donors (Lipinski definition) is 1. The molecule has 1 unspecified atom stereocenters. The molecular formula is C15H19ClN2O3. The molecule has 0 saturated carbocycles. The molecule has 1 aromatic rings. The molecule has 1 saturated heterocycles. The summed E-state index contributed by atoms with van der Waals surface area (Å²) in [5, 5.41) is 9.75. The van der Waals surface area contributed by atoms with Crippen molar-refractivity contribution in [3.63, 3.8) is 0 Å². The highest BCUT2D eigenvalue weighted by Crippen LogP contribution is 2.36. The number of aromatic nitrogens is 1. The third-order valence-electron chi connectivity index (χ3n) is 3.94. The number of pyridine rings is 1. The lowest BCUT2D eigenvalue weighted by Gasteiger charge is -2.44. The van der Waals surface area contributed by atoms with E-state index in [0.717, 1.165) is 12.8 Å². The lowest BCUT2D eigenvalue weighted by Crippen LogP contribution is -2.56. The molecule has 1 fully saturated rings. The van der Waals surface area contributed by atoms with Crippen molar-refractivity contribution in [2.24, 2.45) is 5.41 Å². The van der Waals surface area contributed by atoms with Gasteiger partial charge in [0.1, 0.15) is 11.2 Å². The summed E-state index contributed by atoms with van der Waals surface area (Å²) in [4.78, 5) is 29.8. The minimum atomic E-state index is -0.968. The third kappa shape index (κ3) is 3.18. The molecule has 0 spiro atoms. The van der Waals surface area contributed by atoms with Crippen LogP contribution in [0.3, 0.4) is 0 Å². The molecule has 0 aliphatic carbocycles. The Morgan fingerprint density at radius 3 is 2.67 bits per heavy atom. The average molecular weight is 311 g/mol. The van der Waals surface area contributed by atoms with Gasteiger partial charge in [-0.05, 0) is 37.3 Å². The van der Waals surface area contributed by atoms with E-state index in [-0.39, 0.29) is 11.1 Å². The summed E-state index contributed by atoms with van der Waals surface area (Å²) in [6.45, 7) is 5.96. The number of aliphatic carboxylic acids is 1. The molecule has 1 aliphatic rings. The molecule has 2 heterocycles. The van der Waals surface area contributed by atoms with E-state index in [2.05, 4.69) is 4.98 Å².